The van der Waals surface area contributed by atoms with Gasteiger partial charge in [-0.1, -0.05) is 42.2 Å². The number of aliphatic carboxylic acids is 1. The van der Waals surface area contributed by atoms with Crippen molar-refractivity contribution in [2.75, 3.05) is 0 Å². The van der Waals surface area contributed by atoms with Crippen LogP contribution in [0.3, 0.4) is 0 Å². The minimum atomic E-state index is -1.17. The van der Waals surface area contributed by atoms with E-state index in [2.05, 4.69) is 29.6 Å². The second kappa shape index (κ2) is 6.95. The summed E-state index contributed by atoms with van der Waals surface area (Å²) in [7, 11) is 0. The van der Waals surface area contributed by atoms with E-state index in [-0.39, 0.29) is 12.8 Å². The fraction of sp³-hybridized carbons (Fsp3) is 0.235. The lowest BCUT2D eigenvalue weighted by atomic mass is 9.75. The summed E-state index contributed by atoms with van der Waals surface area (Å²) >= 11 is 0. The zero-order chi connectivity index (χ0) is 14.1. The molecule has 1 N–H and O–H groups in total. The molecular weight excluding hydrogens is 236 g/mol. The highest BCUT2D eigenvalue weighted by Crippen LogP contribution is 2.31. The minimum absolute atomic E-state index is 0.0978. The van der Waals surface area contributed by atoms with Crippen LogP contribution >= 0.6 is 0 Å². The predicted molar refractivity (Wildman–Crippen MR) is 75.0 cm³/mol. The van der Waals surface area contributed by atoms with Gasteiger partial charge in [-0.15, -0.1) is 12.3 Å². The summed E-state index contributed by atoms with van der Waals surface area (Å²) in [6.45, 7) is 1.68. The van der Waals surface area contributed by atoms with Crippen LogP contribution in [-0.4, -0.2) is 11.1 Å². The number of benzene rings is 1. The second-order valence-electron chi connectivity index (χ2n) is 3.99. The van der Waals surface area contributed by atoms with Gasteiger partial charge in [-0.2, -0.15) is 0 Å². The van der Waals surface area contributed by atoms with Gasteiger partial charge in [-0.3, -0.25) is 4.79 Å². The molecule has 1 aromatic carbocycles. The summed E-state index contributed by atoms with van der Waals surface area (Å²) in [5.74, 6) is 12.1. The van der Waals surface area contributed by atoms with Crippen molar-refractivity contribution in [3.63, 3.8) is 0 Å². The first-order valence-corrected chi connectivity index (χ1v) is 5.79. The summed E-state index contributed by atoms with van der Waals surface area (Å²) < 4.78 is 0. The summed E-state index contributed by atoms with van der Waals surface area (Å²) in [5, 5.41) is 9.57. The highest BCUT2D eigenvalue weighted by molar-refractivity contribution is 5.82. The molecule has 0 fully saturated rings. The van der Waals surface area contributed by atoms with E-state index in [0.717, 1.165) is 0 Å². The standard InChI is InChI=1S/C17H14O2/c1-3-5-6-10-14-17(13-4-2,16(18)19)15-11-8-7-9-12-15/h2,7-9,11-12H,13-14H2,1H3,(H,18,19)/t17-/m0/s1. The number of carboxylic acid groups (broad SMARTS) is 1. The maximum Gasteiger partial charge on any atom is 0.316 e. The van der Waals surface area contributed by atoms with Gasteiger partial charge in [0.05, 0.1) is 0 Å². The molecule has 19 heavy (non-hydrogen) atoms. The van der Waals surface area contributed by atoms with Gasteiger partial charge in [-0.25, -0.2) is 0 Å². The monoisotopic (exact) mass is 250 g/mol. The number of hydrogen-bond acceptors (Lipinski definition) is 1. The quantitative estimate of drug-likeness (QED) is 0.833. The zero-order valence-electron chi connectivity index (χ0n) is 10.7. The van der Waals surface area contributed by atoms with Crippen LogP contribution in [0.25, 0.3) is 0 Å². The van der Waals surface area contributed by atoms with E-state index in [1.165, 1.54) is 0 Å². The molecule has 0 spiro atoms. The van der Waals surface area contributed by atoms with Gasteiger partial charge in [0.15, 0.2) is 0 Å². The Balaban J connectivity index is 3.23. The molecule has 0 aliphatic carbocycles. The molecule has 0 unspecified atom stereocenters. The Morgan fingerprint density at radius 3 is 2.47 bits per heavy atom. The smallest absolute Gasteiger partial charge is 0.316 e. The van der Waals surface area contributed by atoms with Crippen molar-refractivity contribution in [2.24, 2.45) is 0 Å². The molecule has 0 radical (unpaired) electrons. The van der Waals surface area contributed by atoms with Gasteiger partial charge in [0.1, 0.15) is 5.41 Å². The number of carboxylic acids is 1. The van der Waals surface area contributed by atoms with Crippen LogP contribution in [0.2, 0.25) is 0 Å². The van der Waals surface area contributed by atoms with Crippen molar-refractivity contribution >= 4 is 5.97 Å². The molecule has 1 rings (SSSR count). The van der Waals surface area contributed by atoms with Gasteiger partial charge in [-0.05, 0) is 24.3 Å². The van der Waals surface area contributed by atoms with E-state index < -0.39 is 11.4 Å². The Kier molecular flexibility index (Phi) is 5.28. The lowest BCUT2D eigenvalue weighted by Crippen LogP contribution is -2.35. The van der Waals surface area contributed by atoms with Gasteiger partial charge in [0.25, 0.3) is 0 Å². The van der Waals surface area contributed by atoms with Crippen molar-refractivity contribution in [3.8, 4) is 36.0 Å². The van der Waals surface area contributed by atoms with Crippen molar-refractivity contribution in [1.82, 2.24) is 0 Å². The van der Waals surface area contributed by atoms with Crippen LogP contribution in [0, 0.1) is 36.0 Å². The molecule has 1 aromatic rings. The minimum Gasteiger partial charge on any atom is -0.481 e. The summed E-state index contributed by atoms with van der Waals surface area (Å²) in [6, 6.07) is 8.95. The third kappa shape index (κ3) is 3.41. The predicted octanol–water partition coefficient (Wildman–Crippen LogP) is 2.45. The molecule has 0 amide bonds. The van der Waals surface area contributed by atoms with E-state index in [9.17, 15) is 9.90 Å². The molecule has 0 saturated heterocycles. The topological polar surface area (TPSA) is 37.3 Å². The average Bonchev–Trinajstić information content (AvgIpc) is 2.43. The van der Waals surface area contributed by atoms with E-state index in [0.29, 0.717) is 5.56 Å². The Labute approximate surface area is 113 Å². The molecule has 0 aliphatic rings. The third-order valence-electron chi connectivity index (χ3n) is 2.81. The zero-order valence-corrected chi connectivity index (χ0v) is 10.7. The normalized spacial score (nSPS) is 11.8. The van der Waals surface area contributed by atoms with Crippen molar-refractivity contribution < 1.29 is 9.90 Å². The first-order valence-electron chi connectivity index (χ1n) is 5.79. The number of terminal acetylenes is 1. The van der Waals surface area contributed by atoms with Crippen LogP contribution < -0.4 is 0 Å². The lowest BCUT2D eigenvalue weighted by Gasteiger charge is -2.25. The highest BCUT2D eigenvalue weighted by atomic mass is 16.4. The molecule has 0 aromatic heterocycles. The molecule has 0 aliphatic heterocycles. The van der Waals surface area contributed by atoms with E-state index in [1.807, 2.05) is 6.07 Å². The van der Waals surface area contributed by atoms with Crippen LogP contribution in [0.1, 0.15) is 25.3 Å². The SMILES string of the molecule is C#CC[C@@](CC#CC#CC)(C(=O)O)c1ccccc1. The van der Waals surface area contributed by atoms with Gasteiger partial charge in [0, 0.05) is 12.8 Å². The number of carbonyl (C=O) groups is 1. The van der Waals surface area contributed by atoms with Crippen molar-refractivity contribution in [1.29, 1.82) is 0 Å². The largest absolute Gasteiger partial charge is 0.481 e. The van der Waals surface area contributed by atoms with Gasteiger partial charge in [0.2, 0.25) is 0 Å². The lowest BCUT2D eigenvalue weighted by molar-refractivity contribution is -0.143. The molecule has 1 atom stereocenters. The summed E-state index contributed by atoms with van der Waals surface area (Å²) in [5.41, 5.74) is -0.502. The number of rotatable bonds is 4. The van der Waals surface area contributed by atoms with E-state index in [4.69, 9.17) is 6.42 Å². The first-order chi connectivity index (χ1) is 9.17. The second-order valence-corrected chi connectivity index (χ2v) is 3.99. The van der Waals surface area contributed by atoms with Crippen LogP contribution in [0.5, 0.6) is 0 Å². The molecule has 0 bridgehead atoms. The Morgan fingerprint density at radius 1 is 1.26 bits per heavy atom. The van der Waals surface area contributed by atoms with E-state index in [1.54, 1.807) is 31.2 Å². The van der Waals surface area contributed by atoms with Crippen LogP contribution in [-0.2, 0) is 10.2 Å². The van der Waals surface area contributed by atoms with Crippen LogP contribution in [0.15, 0.2) is 30.3 Å². The third-order valence-corrected chi connectivity index (χ3v) is 2.81. The molecule has 0 saturated carbocycles. The fourth-order valence-electron chi connectivity index (χ4n) is 1.77. The molecular formula is C17H14O2. The highest BCUT2D eigenvalue weighted by Gasteiger charge is 2.39. The van der Waals surface area contributed by atoms with Crippen LogP contribution in [0.4, 0.5) is 0 Å². The van der Waals surface area contributed by atoms with E-state index >= 15 is 0 Å². The summed E-state index contributed by atoms with van der Waals surface area (Å²) in [4.78, 5) is 11.7. The molecule has 94 valence electrons. The van der Waals surface area contributed by atoms with Gasteiger partial charge < -0.3 is 5.11 Å². The Hall–Kier alpha value is -2.63. The fourth-order valence-corrected chi connectivity index (χ4v) is 1.77. The van der Waals surface area contributed by atoms with Gasteiger partial charge >= 0.3 is 5.97 Å². The maximum absolute atomic E-state index is 11.7. The van der Waals surface area contributed by atoms with Crippen molar-refractivity contribution in [3.05, 3.63) is 35.9 Å². The Bertz CT molecular complexity index is 600. The first kappa shape index (κ1) is 14.4. The Morgan fingerprint density at radius 2 is 1.95 bits per heavy atom. The molecule has 2 heteroatoms. The number of hydrogen-bond donors (Lipinski definition) is 1. The maximum atomic E-state index is 11.7. The molecule has 2 nitrogen and oxygen atoms in total. The van der Waals surface area contributed by atoms with Crippen molar-refractivity contribution in [2.45, 2.75) is 25.2 Å². The molecule has 0 heterocycles. The average molecular weight is 250 g/mol. The summed E-state index contributed by atoms with van der Waals surface area (Å²) in [6.07, 6.45) is 5.57.